The number of rotatable bonds is 6. The predicted octanol–water partition coefficient (Wildman–Crippen LogP) is 3.22. The second kappa shape index (κ2) is 9.16. The molecule has 1 aromatic heterocycles. The molecule has 132 valence electrons. The number of nitrogens with one attached hydrogen (secondary N) is 1. The largest absolute Gasteiger partial charge is 0.355 e. The normalized spacial score (nSPS) is 14.8. The topological polar surface area (TPSA) is 58.1 Å². The van der Waals surface area contributed by atoms with Crippen LogP contribution in [0.2, 0.25) is 0 Å². The van der Waals surface area contributed by atoms with E-state index in [-0.39, 0.29) is 5.91 Å². The van der Waals surface area contributed by atoms with Crippen LogP contribution >= 0.6 is 0 Å². The first-order chi connectivity index (χ1) is 12.3. The highest BCUT2D eigenvalue weighted by molar-refractivity contribution is 5.91. The molecule has 0 spiro atoms. The van der Waals surface area contributed by atoms with Crippen molar-refractivity contribution in [3.05, 3.63) is 54.0 Å². The van der Waals surface area contributed by atoms with Crippen LogP contribution in [0.1, 0.15) is 48.2 Å². The molecule has 0 aliphatic carbocycles. The number of aromatic nitrogens is 2. The minimum absolute atomic E-state index is 0.150. The second-order valence-electron chi connectivity index (χ2n) is 6.51. The Balaban J connectivity index is 1.45. The van der Waals surface area contributed by atoms with Crippen LogP contribution in [0.25, 0.3) is 0 Å². The van der Waals surface area contributed by atoms with E-state index >= 15 is 0 Å². The summed E-state index contributed by atoms with van der Waals surface area (Å²) in [5.74, 6) is 0.727. The molecule has 0 bridgehead atoms. The molecule has 3 rings (SSSR count). The van der Waals surface area contributed by atoms with Crippen molar-refractivity contribution in [3.8, 4) is 0 Å². The lowest BCUT2D eigenvalue weighted by Crippen LogP contribution is -2.27. The van der Waals surface area contributed by atoms with Crippen molar-refractivity contribution in [2.45, 2.75) is 38.5 Å². The number of benzene rings is 1. The molecule has 2 aromatic rings. The molecule has 1 aromatic carbocycles. The van der Waals surface area contributed by atoms with E-state index in [1.165, 1.54) is 31.2 Å². The van der Waals surface area contributed by atoms with Crippen molar-refractivity contribution in [2.24, 2.45) is 0 Å². The number of carbonyl (C=O) groups is 1. The van der Waals surface area contributed by atoms with Gasteiger partial charge in [-0.3, -0.25) is 4.79 Å². The fourth-order valence-corrected chi connectivity index (χ4v) is 3.13. The molecule has 0 unspecified atom stereocenters. The Kier molecular flexibility index (Phi) is 6.37. The lowest BCUT2D eigenvalue weighted by molar-refractivity contribution is 0.0948. The third-order valence-electron chi connectivity index (χ3n) is 4.57. The second-order valence-corrected chi connectivity index (χ2v) is 6.51. The molecule has 0 atom stereocenters. The van der Waals surface area contributed by atoms with E-state index in [0.717, 1.165) is 31.7 Å². The van der Waals surface area contributed by atoms with Crippen LogP contribution in [-0.4, -0.2) is 35.5 Å². The first-order valence-electron chi connectivity index (χ1n) is 9.22. The molecule has 0 saturated carbocycles. The van der Waals surface area contributed by atoms with Gasteiger partial charge in [-0.15, -0.1) is 0 Å². The van der Waals surface area contributed by atoms with E-state index in [1.807, 2.05) is 18.2 Å². The van der Waals surface area contributed by atoms with Gasteiger partial charge >= 0.3 is 0 Å². The Morgan fingerprint density at radius 1 is 1.00 bits per heavy atom. The van der Waals surface area contributed by atoms with E-state index < -0.39 is 0 Å². The Hall–Kier alpha value is -2.43. The zero-order chi connectivity index (χ0) is 17.3. The summed E-state index contributed by atoms with van der Waals surface area (Å²) >= 11 is 0. The van der Waals surface area contributed by atoms with Crippen molar-refractivity contribution in [1.29, 1.82) is 0 Å². The quantitative estimate of drug-likeness (QED) is 0.822. The maximum absolute atomic E-state index is 12.2. The Morgan fingerprint density at radius 3 is 2.44 bits per heavy atom. The maximum atomic E-state index is 12.2. The van der Waals surface area contributed by atoms with Gasteiger partial charge in [-0.1, -0.05) is 43.2 Å². The third kappa shape index (κ3) is 5.28. The molecule has 2 heterocycles. The van der Waals surface area contributed by atoms with Crippen molar-refractivity contribution in [1.82, 2.24) is 15.3 Å². The summed E-state index contributed by atoms with van der Waals surface area (Å²) in [5.41, 5.74) is 1.68. The van der Waals surface area contributed by atoms with E-state index in [1.54, 1.807) is 12.4 Å². The van der Waals surface area contributed by atoms with Crippen molar-refractivity contribution in [2.75, 3.05) is 24.5 Å². The van der Waals surface area contributed by atoms with Crippen LogP contribution in [-0.2, 0) is 6.42 Å². The number of hydrogen-bond acceptors (Lipinski definition) is 4. The molecule has 1 amide bonds. The molecule has 1 aliphatic rings. The number of anilines is 1. The van der Waals surface area contributed by atoms with Crippen molar-refractivity contribution >= 4 is 11.7 Å². The van der Waals surface area contributed by atoms with Gasteiger partial charge in [-0.25, -0.2) is 9.97 Å². The number of aryl methyl sites for hydroxylation is 1. The minimum atomic E-state index is -0.150. The van der Waals surface area contributed by atoms with Gasteiger partial charge in [0, 0.05) is 19.6 Å². The van der Waals surface area contributed by atoms with Crippen LogP contribution in [0.15, 0.2) is 42.7 Å². The van der Waals surface area contributed by atoms with Crippen LogP contribution in [0.5, 0.6) is 0 Å². The van der Waals surface area contributed by atoms with Crippen LogP contribution < -0.4 is 10.2 Å². The molecule has 1 fully saturated rings. The first kappa shape index (κ1) is 17.4. The summed E-state index contributed by atoms with van der Waals surface area (Å²) in [6.45, 7) is 2.70. The SMILES string of the molecule is O=C(NCCCc1ccccc1)c1cnc(N2CCCCCC2)cn1. The molecule has 1 N–H and O–H groups in total. The van der Waals surface area contributed by atoms with E-state index in [2.05, 4.69) is 32.3 Å². The van der Waals surface area contributed by atoms with Crippen LogP contribution in [0.4, 0.5) is 5.82 Å². The number of hydrogen-bond donors (Lipinski definition) is 1. The molecule has 5 nitrogen and oxygen atoms in total. The zero-order valence-electron chi connectivity index (χ0n) is 14.7. The van der Waals surface area contributed by atoms with E-state index in [0.29, 0.717) is 12.2 Å². The highest BCUT2D eigenvalue weighted by Gasteiger charge is 2.13. The third-order valence-corrected chi connectivity index (χ3v) is 4.57. The lowest BCUT2D eigenvalue weighted by atomic mass is 10.1. The summed E-state index contributed by atoms with van der Waals surface area (Å²) in [5, 5.41) is 2.92. The summed E-state index contributed by atoms with van der Waals surface area (Å²) < 4.78 is 0. The Morgan fingerprint density at radius 2 is 1.76 bits per heavy atom. The number of amides is 1. The fraction of sp³-hybridized carbons (Fsp3) is 0.450. The summed E-state index contributed by atoms with van der Waals surface area (Å²) in [6.07, 6.45) is 10.2. The van der Waals surface area contributed by atoms with Gasteiger partial charge < -0.3 is 10.2 Å². The average molecular weight is 338 g/mol. The van der Waals surface area contributed by atoms with Gasteiger partial charge in [0.05, 0.1) is 12.4 Å². The van der Waals surface area contributed by atoms with Gasteiger partial charge in [0.15, 0.2) is 0 Å². The molecule has 1 aliphatic heterocycles. The molecule has 25 heavy (non-hydrogen) atoms. The molecule has 5 heteroatoms. The van der Waals surface area contributed by atoms with E-state index in [4.69, 9.17) is 0 Å². The molecule has 0 radical (unpaired) electrons. The van der Waals surface area contributed by atoms with Crippen LogP contribution in [0.3, 0.4) is 0 Å². The standard InChI is InChI=1S/C20H26N4O/c25-20(21-12-8-11-17-9-4-3-5-10-17)18-15-23-19(16-22-18)24-13-6-1-2-7-14-24/h3-5,9-10,15-16H,1-2,6-8,11-14H2,(H,21,25). The van der Waals surface area contributed by atoms with Crippen molar-refractivity contribution in [3.63, 3.8) is 0 Å². The van der Waals surface area contributed by atoms with Gasteiger partial charge in [0.25, 0.3) is 5.91 Å². The van der Waals surface area contributed by atoms with Gasteiger partial charge in [-0.2, -0.15) is 0 Å². The summed E-state index contributed by atoms with van der Waals surface area (Å²) in [7, 11) is 0. The highest BCUT2D eigenvalue weighted by Crippen LogP contribution is 2.16. The lowest BCUT2D eigenvalue weighted by Gasteiger charge is -2.20. The first-order valence-corrected chi connectivity index (χ1v) is 9.22. The van der Waals surface area contributed by atoms with Crippen LogP contribution in [0, 0.1) is 0 Å². The van der Waals surface area contributed by atoms with Gasteiger partial charge in [0.1, 0.15) is 11.5 Å². The highest BCUT2D eigenvalue weighted by atomic mass is 16.1. The van der Waals surface area contributed by atoms with Gasteiger partial charge in [-0.05, 0) is 31.2 Å². The fourth-order valence-electron chi connectivity index (χ4n) is 3.13. The molecular formula is C20H26N4O. The minimum Gasteiger partial charge on any atom is -0.355 e. The predicted molar refractivity (Wildman–Crippen MR) is 99.8 cm³/mol. The maximum Gasteiger partial charge on any atom is 0.271 e. The number of nitrogens with zero attached hydrogens (tertiary/aromatic N) is 3. The summed E-state index contributed by atoms with van der Waals surface area (Å²) in [6, 6.07) is 10.3. The number of carbonyl (C=O) groups excluding carboxylic acids is 1. The monoisotopic (exact) mass is 338 g/mol. The molecule has 1 saturated heterocycles. The van der Waals surface area contributed by atoms with Crippen molar-refractivity contribution < 1.29 is 4.79 Å². The van der Waals surface area contributed by atoms with E-state index in [9.17, 15) is 4.79 Å². The summed E-state index contributed by atoms with van der Waals surface area (Å²) in [4.78, 5) is 23.2. The van der Waals surface area contributed by atoms with Gasteiger partial charge in [0.2, 0.25) is 0 Å². The zero-order valence-corrected chi connectivity index (χ0v) is 14.7. The average Bonchev–Trinajstić information content (AvgIpc) is 2.95. The smallest absolute Gasteiger partial charge is 0.271 e. The Bertz CT molecular complexity index is 649. The molecular weight excluding hydrogens is 312 g/mol. The Labute approximate surface area is 149 Å².